The van der Waals surface area contributed by atoms with Gasteiger partial charge in [-0.25, -0.2) is 0 Å². The van der Waals surface area contributed by atoms with Crippen LogP contribution in [-0.4, -0.2) is 16.7 Å². The number of benzene rings is 3. The molecule has 0 aromatic heterocycles. The first-order valence-corrected chi connectivity index (χ1v) is 9.63. The van der Waals surface area contributed by atoms with E-state index in [2.05, 4.69) is 0 Å². The van der Waals surface area contributed by atoms with Crippen LogP contribution >= 0.6 is 0 Å². The van der Waals surface area contributed by atoms with Crippen LogP contribution < -0.4 is 0 Å². The second kappa shape index (κ2) is 10.5. The number of phenols is 1. The molecule has 0 unspecified atom stereocenters. The summed E-state index contributed by atoms with van der Waals surface area (Å²) >= 11 is 0. The Balaban J connectivity index is 1.61. The standard InChI is InChI=1S/C27H22O3/c28-25-16-11-22(12-17-25)13-18-26(29)20-27(30)19-15-24-9-5-4-8-23(24)14-10-21-6-2-1-3-7-21/h1-19,28H,20H2/b14-10+,18-13+,19-15+. The zero-order chi connectivity index (χ0) is 21.2. The van der Waals surface area contributed by atoms with E-state index in [1.807, 2.05) is 66.7 Å². The number of hydrogen-bond donors (Lipinski definition) is 1. The van der Waals surface area contributed by atoms with Gasteiger partial charge in [0.1, 0.15) is 5.75 Å². The quantitative estimate of drug-likeness (QED) is 0.298. The molecule has 0 aliphatic rings. The Morgan fingerprint density at radius 3 is 1.80 bits per heavy atom. The minimum atomic E-state index is -0.269. The fourth-order valence-corrected chi connectivity index (χ4v) is 2.81. The van der Waals surface area contributed by atoms with Crippen molar-refractivity contribution in [2.45, 2.75) is 6.42 Å². The summed E-state index contributed by atoms with van der Waals surface area (Å²) in [6, 6.07) is 24.2. The first kappa shape index (κ1) is 20.7. The lowest BCUT2D eigenvalue weighted by Gasteiger charge is -2.01. The van der Waals surface area contributed by atoms with E-state index in [0.29, 0.717) is 0 Å². The van der Waals surface area contributed by atoms with Crippen LogP contribution in [0, 0.1) is 0 Å². The van der Waals surface area contributed by atoms with Crippen LogP contribution in [0.3, 0.4) is 0 Å². The molecular formula is C27H22O3. The van der Waals surface area contributed by atoms with Crippen molar-refractivity contribution < 1.29 is 14.7 Å². The molecule has 0 heterocycles. The highest BCUT2D eigenvalue weighted by Crippen LogP contribution is 2.15. The van der Waals surface area contributed by atoms with Crippen molar-refractivity contribution in [1.82, 2.24) is 0 Å². The normalized spacial score (nSPS) is 11.5. The molecule has 0 spiro atoms. The molecule has 0 saturated heterocycles. The average Bonchev–Trinajstić information content (AvgIpc) is 2.77. The van der Waals surface area contributed by atoms with Crippen LogP contribution in [0.5, 0.6) is 5.75 Å². The number of aromatic hydroxyl groups is 1. The summed E-state index contributed by atoms with van der Waals surface area (Å²) in [5.74, 6) is -0.357. The van der Waals surface area contributed by atoms with Gasteiger partial charge in [0.15, 0.2) is 11.6 Å². The first-order valence-electron chi connectivity index (χ1n) is 9.63. The van der Waals surface area contributed by atoms with Crippen LogP contribution in [0.15, 0.2) is 91.0 Å². The third-order valence-electron chi connectivity index (χ3n) is 4.40. The second-order valence-electron chi connectivity index (χ2n) is 6.74. The molecule has 0 radical (unpaired) electrons. The van der Waals surface area contributed by atoms with Crippen molar-refractivity contribution in [3.05, 3.63) is 113 Å². The number of ketones is 2. The van der Waals surface area contributed by atoms with E-state index in [9.17, 15) is 14.7 Å². The molecule has 0 aliphatic heterocycles. The zero-order valence-corrected chi connectivity index (χ0v) is 16.4. The number of allylic oxidation sites excluding steroid dienone is 2. The maximum absolute atomic E-state index is 12.2. The second-order valence-corrected chi connectivity index (χ2v) is 6.74. The minimum absolute atomic E-state index is 0.165. The molecule has 0 amide bonds. The Morgan fingerprint density at radius 1 is 0.600 bits per heavy atom. The summed E-state index contributed by atoms with van der Waals surface area (Å²) < 4.78 is 0. The maximum Gasteiger partial charge on any atom is 0.163 e. The predicted molar refractivity (Wildman–Crippen MR) is 123 cm³/mol. The molecule has 3 nitrogen and oxygen atoms in total. The number of carbonyl (C=O) groups excluding carboxylic acids is 2. The maximum atomic E-state index is 12.2. The van der Waals surface area contributed by atoms with Gasteiger partial charge in [-0.15, -0.1) is 0 Å². The molecule has 0 atom stereocenters. The summed E-state index contributed by atoms with van der Waals surface area (Å²) in [5, 5.41) is 9.27. The monoisotopic (exact) mass is 394 g/mol. The molecule has 0 aliphatic carbocycles. The van der Waals surface area contributed by atoms with Crippen molar-refractivity contribution in [2.75, 3.05) is 0 Å². The molecule has 3 heteroatoms. The van der Waals surface area contributed by atoms with Gasteiger partial charge in [-0.1, -0.05) is 91.0 Å². The van der Waals surface area contributed by atoms with E-state index in [0.717, 1.165) is 22.3 Å². The number of hydrogen-bond acceptors (Lipinski definition) is 3. The van der Waals surface area contributed by atoms with Gasteiger partial charge in [0, 0.05) is 0 Å². The summed E-state index contributed by atoms with van der Waals surface area (Å²) in [6.07, 6.45) is 10.0. The highest BCUT2D eigenvalue weighted by molar-refractivity contribution is 6.11. The van der Waals surface area contributed by atoms with Gasteiger partial charge in [-0.3, -0.25) is 9.59 Å². The van der Waals surface area contributed by atoms with Gasteiger partial charge in [0.2, 0.25) is 0 Å². The summed E-state index contributed by atoms with van der Waals surface area (Å²) in [5.41, 5.74) is 3.77. The highest BCUT2D eigenvalue weighted by atomic mass is 16.3. The third-order valence-corrected chi connectivity index (χ3v) is 4.40. The van der Waals surface area contributed by atoms with E-state index < -0.39 is 0 Å². The fourth-order valence-electron chi connectivity index (χ4n) is 2.81. The van der Waals surface area contributed by atoms with E-state index in [1.165, 1.54) is 12.2 Å². The van der Waals surface area contributed by atoms with Crippen LogP contribution in [0.4, 0.5) is 0 Å². The summed E-state index contributed by atoms with van der Waals surface area (Å²) in [4.78, 5) is 24.2. The lowest BCUT2D eigenvalue weighted by Crippen LogP contribution is -2.01. The van der Waals surface area contributed by atoms with Gasteiger partial charge in [0.05, 0.1) is 6.42 Å². The molecule has 0 saturated carbocycles. The number of rotatable bonds is 8. The molecule has 148 valence electrons. The molecule has 3 aromatic rings. The van der Waals surface area contributed by atoms with Gasteiger partial charge >= 0.3 is 0 Å². The molecule has 3 rings (SSSR count). The summed E-state index contributed by atoms with van der Waals surface area (Å²) in [7, 11) is 0. The fraction of sp³-hybridized carbons (Fsp3) is 0.0370. The molecule has 0 fully saturated rings. The molecule has 3 aromatic carbocycles. The van der Waals surface area contributed by atoms with Crippen molar-refractivity contribution in [3.63, 3.8) is 0 Å². The Labute approximate surface area is 176 Å². The average molecular weight is 394 g/mol. The SMILES string of the molecule is O=C(/C=C/c1ccc(O)cc1)CC(=O)/C=C/c1ccccc1/C=C/c1ccccc1. The largest absolute Gasteiger partial charge is 0.508 e. The lowest BCUT2D eigenvalue weighted by molar-refractivity contribution is -0.121. The Hall–Kier alpha value is -3.98. The van der Waals surface area contributed by atoms with Crippen molar-refractivity contribution in [3.8, 4) is 5.75 Å². The van der Waals surface area contributed by atoms with Gasteiger partial charge in [0.25, 0.3) is 0 Å². The summed E-state index contributed by atoms with van der Waals surface area (Å²) in [6.45, 7) is 0. The number of carbonyl (C=O) groups is 2. The number of phenolic OH excluding ortho intramolecular Hbond substituents is 1. The smallest absolute Gasteiger partial charge is 0.163 e. The molecular weight excluding hydrogens is 372 g/mol. The van der Waals surface area contributed by atoms with E-state index in [1.54, 1.807) is 36.4 Å². The van der Waals surface area contributed by atoms with Crippen LogP contribution in [0.2, 0.25) is 0 Å². The van der Waals surface area contributed by atoms with Crippen molar-refractivity contribution in [2.24, 2.45) is 0 Å². The Kier molecular flexibility index (Phi) is 7.28. The third kappa shape index (κ3) is 6.57. The Morgan fingerprint density at radius 2 is 1.13 bits per heavy atom. The van der Waals surface area contributed by atoms with Crippen LogP contribution in [-0.2, 0) is 9.59 Å². The van der Waals surface area contributed by atoms with E-state index in [-0.39, 0.29) is 23.7 Å². The molecule has 1 N–H and O–H groups in total. The zero-order valence-electron chi connectivity index (χ0n) is 16.4. The van der Waals surface area contributed by atoms with Gasteiger partial charge in [-0.2, -0.15) is 0 Å². The van der Waals surface area contributed by atoms with E-state index in [4.69, 9.17) is 0 Å². The van der Waals surface area contributed by atoms with Crippen LogP contribution in [0.1, 0.15) is 28.7 Å². The Bertz CT molecular complexity index is 1090. The first-order chi connectivity index (χ1) is 14.6. The van der Waals surface area contributed by atoms with Crippen molar-refractivity contribution >= 4 is 35.9 Å². The lowest BCUT2D eigenvalue weighted by atomic mass is 10.0. The topological polar surface area (TPSA) is 54.4 Å². The minimum Gasteiger partial charge on any atom is -0.508 e. The predicted octanol–water partition coefficient (Wildman–Crippen LogP) is 5.82. The van der Waals surface area contributed by atoms with Crippen LogP contribution in [0.25, 0.3) is 24.3 Å². The molecule has 0 bridgehead atoms. The van der Waals surface area contributed by atoms with Gasteiger partial charge < -0.3 is 5.11 Å². The highest BCUT2D eigenvalue weighted by Gasteiger charge is 2.04. The molecule has 30 heavy (non-hydrogen) atoms. The van der Waals surface area contributed by atoms with E-state index >= 15 is 0 Å². The van der Waals surface area contributed by atoms with Crippen molar-refractivity contribution in [1.29, 1.82) is 0 Å². The van der Waals surface area contributed by atoms with Gasteiger partial charge in [-0.05, 0) is 46.5 Å².